The molecule has 1 saturated heterocycles. The van der Waals surface area contributed by atoms with Gasteiger partial charge in [-0.25, -0.2) is 0 Å². The summed E-state index contributed by atoms with van der Waals surface area (Å²) in [5.74, 6) is 0.742. The first-order valence-corrected chi connectivity index (χ1v) is 8.60. The molecule has 1 aromatic rings. The molecule has 21 heavy (non-hydrogen) atoms. The lowest BCUT2D eigenvalue weighted by atomic mass is 9.55. The number of hydrogen-bond donors (Lipinski definition) is 1. The Labute approximate surface area is 128 Å². The number of rotatable bonds is 2. The minimum atomic E-state index is 0.294. The zero-order valence-corrected chi connectivity index (χ0v) is 13.3. The van der Waals surface area contributed by atoms with Gasteiger partial charge in [0.2, 0.25) is 0 Å². The number of ether oxygens (including phenoxy) is 1. The first-order chi connectivity index (χ1) is 10.2. The topological polar surface area (TPSA) is 21.3 Å². The van der Waals surface area contributed by atoms with Crippen molar-refractivity contribution in [2.45, 2.75) is 64.1 Å². The fraction of sp³-hybridized carbons (Fsp3) is 0.684. The van der Waals surface area contributed by atoms with Gasteiger partial charge in [-0.1, -0.05) is 38.1 Å². The minimum absolute atomic E-state index is 0.294. The third-order valence-electron chi connectivity index (χ3n) is 6.09. The number of aryl methyl sites for hydroxylation is 1. The van der Waals surface area contributed by atoms with E-state index in [4.69, 9.17) is 4.74 Å². The van der Waals surface area contributed by atoms with E-state index in [-0.39, 0.29) is 0 Å². The molecule has 1 aromatic carbocycles. The highest BCUT2D eigenvalue weighted by Gasteiger charge is 2.58. The summed E-state index contributed by atoms with van der Waals surface area (Å²) >= 11 is 0. The summed E-state index contributed by atoms with van der Waals surface area (Å²) in [6, 6.07) is 10.2. The lowest BCUT2D eigenvalue weighted by Gasteiger charge is -2.61. The van der Waals surface area contributed by atoms with E-state index in [1.54, 1.807) is 11.1 Å². The zero-order valence-electron chi connectivity index (χ0n) is 13.3. The van der Waals surface area contributed by atoms with Crippen molar-refractivity contribution in [2.75, 3.05) is 6.61 Å². The Kier molecular flexibility index (Phi) is 3.35. The Morgan fingerprint density at radius 3 is 2.81 bits per heavy atom. The Morgan fingerprint density at radius 1 is 1.14 bits per heavy atom. The number of hydrogen-bond acceptors (Lipinski definition) is 2. The van der Waals surface area contributed by atoms with Gasteiger partial charge in [0.15, 0.2) is 0 Å². The first-order valence-electron chi connectivity index (χ1n) is 8.60. The molecular weight excluding hydrogens is 258 g/mol. The van der Waals surface area contributed by atoms with Crippen molar-refractivity contribution in [1.82, 2.24) is 5.32 Å². The second kappa shape index (κ2) is 5.10. The molecule has 0 amide bonds. The largest absolute Gasteiger partial charge is 0.377 e. The molecule has 0 spiro atoms. The standard InChI is InChI=1S/C19H27NO/c1-19(2)17(16-8-5-11-21-18(16)19)20-15-10-9-13-6-3-4-7-14(13)12-15/h3-4,6-7,15-18,20H,5,8-12H2,1-2H3. The Hall–Kier alpha value is -0.860. The van der Waals surface area contributed by atoms with Crippen LogP contribution in [0, 0.1) is 11.3 Å². The summed E-state index contributed by atoms with van der Waals surface area (Å²) in [5.41, 5.74) is 3.40. The minimum Gasteiger partial charge on any atom is -0.377 e. The molecule has 1 aliphatic heterocycles. The first kappa shape index (κ1) is 13.8. The SMILES string of the molecule is CC1(C)C(NC2CCc3ccccc3C2)C2CCCOC21. The van der Waals surface area contributed by atoms with Gasteiger partial charge in [-0.15, -0.1) is 0 Å². The fourth-order valence-electron chi connectivity index (χ4n) is 4.95. The highest BCUT2D eigenvalue weighted by atomic mass is 16.5. The quantitative estimate of drug-likeness (QED) is 0.900. The van der Waals surface area contributed by atoms with Crippen molar-refractivity contribution < 1.29 is 4.74 Å². The Bertz CT molecular complexity index is 524. The van der Waals surface area contributed by atoms with Crippen LogP contribution in [0.5, 0.6) is 0 Å². The number of benzene rings is 1. The van der Waals surface area contributed by atoms with Crippen LogP contribution in [0.3, 0.4) is 0 Å². The van der Waals surface area contributed by atoms with Crippen molar-refractivity contribution in [3.63, 3.8) is 0 Å². The highest BCUT2D eigenvalue weighted by molar-refractivity contribution is 5.30. The molecule has 114 valence electrons. The third kappa shape index (κ3) is 2.24. The van der Waals surface area contributed by atoms with Crippen LogP contribution in [0.1, 0.15) is 44.2 Å². The van der Waals surface area contributed by atoms with Crippen molar-refractivity contribution in [2.24, 2.45) is 11.3 Å². The molecule has 4 unspecified atom stereocenters. The summed E-state index contributed by atoms with van der Waals surface area (Å²) in [4.78, 5) is 0. The van der Waals surface area contributed by atoms with E-state index in [0.717, 1.165) is 12.5 Å². The van der Waals surface area contributed by atoms with Gasteiger partial charge in [-0.3, -0.25) is 0 Å². The summed E-state index contributed by atoms with van der Waals surface area (Å²) < 4.78 is 6.03. The van der Waals surface area contributed by atoms with Crippen LogP contribution >= 0.6 is 0 Å². The molecule has 3 aliphatic rings. The summed E-state index contributed by atoms with van der Waals surface area (Å²) in [7, 11) is 0. The predicted octanol–water partition coefficient (Wildman–Crippen LogP) is 3.34. The van der Waals surface area contributed by atoms with Gasteiger partial charge in [-0.2, -0.15) is 0 Å². The molecule has 0 bridgehead atoms. The maximum atomic E-state index is 6.03. The van der Waals surface area contributed by atoms with Crippen molar-refractivity contribution >= 4 is 0 Å². The second-order valence-electron chi connectivity index (χ2n) is 7.77. The van der Waals surface area contributed by atoms with E-state index in [0.29, 0.717) is 23.6 Å². The highest BCUT2D eigenvalue weighted by Crippen LogP contribution is 2.51. The zero-order chi connectivity index (χ0) is 14.4. The van der Waals surface area contributed by atoms with E-state index >= 15 is 0 Å². The molecule has 2 aliphatic carbocycles. The van der Waals surface area contributed by atoms with Crippen molar-refractivity contribution in [3.8, 4) is 0 Å². The predicted molar refractivity (Wildman–Crippen MR) is 85.4 cm³/mol. The van der Waals surface area contributed by atoms with E-state index in [9.17, 15) is 0 Å². The van der Waals surface area contributed by atoms with Gasteiger partial charge in [0.05, 0.1) is 6.10 Å². The van der Waals surface area contributed by atoms with E-state index in [1.165, 1.54) is 32.1 Å². The van der Waals surface area contributed by atoms with Crippen LogP contribution in [0.4, 0.5) is 0 Å². The smallest absolute Gasteiger partial charge is 0.0684 e. The van der Waals surface area contributed by atoms with Gasteiger partial charge in [0.1, 0.15) is 0 Å². The summed E-state index contributed by atoms with van der Waals surface area (Å²) in [6.45, 7) is 5.73. The van der Waals surface area contributed by atoms with Gasteiger partial charge >= 0.3 is 0 Å². The van der Waals surface area contributed by atoms with Gasteiger partial charge in [0.25, 0.3) is 0 Å². The third-order valence-corrected chi connectivity index (χ3v) is 6.09. The van der Waals surface area contributed by atoms with Crippen LogP contribution in [0.25, 0.3) is 0 Å². The molecule has 2 fully saturated rings. The molecule has 1 N–H and O–H groups in total. The molecule has 1 saturated carbocycles. The van der Waals surface area contributed by atoms with Crippen molar-refractivity contribution in [1.29, 1.82) is 0 Å². The maximum absolute atomic E-state index is 6.03. The molecule has 1 heterocycles. The summed E-state index contributed by atoms with van der Waals surface area (Å²) in [5, 5.41) is 4.01. The fourth-order valence-corrected chi connectivity index (χ4v) is 4.95. The molecule has 2 heteroatoms. The lowest BCUT2D eigenvalue weighted by Crippen LogP contribution is -2.70. The van der Waals surface area contributed by atoms with Gasteiger partial charge < -0.3 is 10.1 Å². The van der Waals surface area contributed by atoms with E-state index in [2.05, 4.69) is 43.4 Å². The molecule has 4 atom stereocenters. The van der Waals surface area contributed by atoms with Gasteiger partial charge in [0, 0.05) is 30.0 Å². The molecule has 0 aromatic heterocycles. The Morgan fingerprint density at radius 2 is 1.95 bits per heavy atom. The number of fused-ring (bicyclic) bond motifs is 2. The van der Waals surface area contributed by atoms with E-state index in [1.807, 2.05) is 0 Å². The van der Waals surface area contributed by atoms with Gasteiger partial charge in [-0.05, 0) is 43.2 Å². The lowest BCUT2D eigenvalue weighted by molar-refractivity contribution is -0.194. The second-order valence-corrected chi connectivity index (χ2v) is 7.77. The normalized spacial score (nSPS) is 37.2. The average molecular weight is 285 g/mol. The molecule has 0 radical (unpaired) electrons. The van der Waals surface area contributed by atoms with Crippen LogP contribution in [-0.2, 0) is 17.6 Å². The van der Waals surface area contributed by atoms with Crippen LogP contribution in [0.15, 0.2) is 24.3 Å². The Balaban J connectivity index is 1.45. The van der Waals surface area contributed by atoms with Crippen LogP contribution in [0.2, 0.25) is 0 Å². The number of nitrogens with one attached hydrogen (secondary N) is 1. The molecule has 4 rings (SSSR count). The molecular formula is C19H27NO. The molecule has 2 nitrogen and oxygen atoms in total. The monoisotopic (exact) mass is 285 g/mol. The average Bonchev–Trinajstić information content (AvgIpc) is 2.52. The summed E-state index contributed by atoms with van der Waals surface area (Å²) in [6.07, 6.45) is 6.77. The van der Waals surface area contributed by atoms with E-state index < -0.39 is 0 Å². The maximum Gasteiger partial charge on any atom is 0.0684 e. The van der Waals surface area contributed by atoms with Crippen LogP contribution in [-0.4, -0.2) is 24.8 Å². The van der Waals surface area contributed by atoms with Crippen molar-refractivity contribution in [3.05, 3.63) is 35.4 Å². The van der Waals surface area contributed by atoms with Crippen LogP contribution < -0.4 is 5.32 Å².